The number of halogens is 2. The number of carboxylic acids is 1. The Morgan fingerprint density at radius 2 is 1.67 bits per heavy atom. The third-order valence-corrected chi connectivity index (χ3v) is 6.68. The van der Waals surface area contributed by atoms with Gasteiger partial charge in [-0.05, 0) is 55.3 Å². The number of carbonyl (C=O) groups is 3. The molecule has 0 spiro atoms. The summed E-state index contributed by atoms with van der Waals surface area (Å²) < 4.78 is 31.4. The van der Waals surface area contributed by atoms with Gasteiger partial charge in [0.2, 0.25) is 11.8 Å². The van der Waals surface area contributed by atoms with Crippen LogP contribution in [0, 0.1) is 11.2 Å². The fourth-order valence-electron chi connectivity index (χ4n) is 4.16. The predicted octanol–water partition coefficient (Wildman–Crippen LogP) is 1.32. The molecule has 2 N–H and O–H groups in total. The van der Waals surface area contributed by atoms with E-state index in [0.29, 0.717) is 34.5 Å². The fraction of sp³-hybridized carbons (Fsp3) is 0.172. The van der Waals surface area contributed by atoms with Gasteiger partial charge in [-0.3, -0.25) is 14.6 Å². The van der Waals surface area contributed by atoms with Gasteiger partial charge in [0.1, 0.15) is 17.8 Å². The first-order valence-corrected chi connectivity index (χ1v) is 12.7. The van der Waals surface area contributed by atoms with Gasteiger partial charge in [-0.1, -0.05) is 17.7 Å². The van der Waals surface area contributed by atoms with E-state index in [2.05, 4.69) is 15.6 Å². The Morgan fingerprint density at radius 3 is 2.29 bits per heavy atom. The SMILES string of the molecule is COc1cc2c(Oc3ccc(NC(=O)C4(C(=O)Nc5cccc(Cl)c5)CC4)cc3F)ccnc2cc1OCC(=O)[O-].[K+]. The van der Waals surface area contributed by atoms with Crippen LogP contribution in [0.25, 0.3) is 10.9 Å². The maximum atomic E-state index is 15.1. The first-order chi connectivity index (χ1) is 19.7. The molecular weight excluding hydrogens is 596 g/mol. The van der Waals surface area contributed by atoms with Gasteiger partial charge in [-0.25, -0.2) is 4.39 Å². The average Bonchev–Trinajstić information content (AvgIpc) is 3.75. The number of nitrogens with zero attached hydrogens (tertiary/aromatic N) is 1. The Labute approximate surface area is 286 Å². The van der Waals surface area contributed by atoms with Crippen LogP contribution in [-0.2, 0) is 14.4 Å². The second-order valence-corrected chi connectivity index (χ2v) is 9.67. The molecule has 0 saturated heterocycles. The number of carbonyl (C=O) groups excluding carboxylic acids is 3. The Hall–Kier alpha value is -3.26. The molecule has 0 aliphatic heterocycles. The van der Waals surface area contributed by atoms with Crippen LogP contribution in [0.15, 0.2) is 66.9 Å². The number of aromatic nitrogens is 1. The molecule has 2 amide bonds. The summed E-state index contributed by atoms with van der Waals surface area (Å²) in [7, 11) is 1.38. The minimum absolute atomic E-state index is 0. The van der Waals surface area contributed by atoms with Crippen molar-refractivity contribution in [3.8, 4) is 23.0 Å². The number of amides is 2. The summed E-state index contributed by atoms with van der Waals surface area (Å²) in [5.74, 6) is -2.72. The molecule has 3 aromatic carbocycles. The quantitative estimate of drug-likeness (QED) is 0.201. The first kappa shape index (κ1) is 31.7. The van der Waals surface area contributed by atoms with Crippen LogP contribution in [-0.4, -0.2) is 36.5 Å². The van der Waals surface area contributed by atoms with Crippen molar-refractivity contribution >= 4 is 51.7 Å². The van der Waals surface area contributed by atoms with Crippen molar-refractivity contribution in [3.63, 3.8) is 0 Å². The number of nitrogens with one attached hydrogen (secondary N) is 2. The predicted molar refractivity (Wildman–Crippen MR) is 146 cm³/mol. The smallest absolute Gasteiger partial charge is 0.546 e. The van der Waals surface area contributed by atoms with Crippen LogP contribution >= 0.6 is 11.6 Å². The van der Waals surface area contributed by atoms with E-state index < -0.39 is 35.6 Å². The van der Waals surface area contributed by atoms with Gasteiger partial charge in [0.15, 0.2) is 23.1 Å². The summed E-state index contributed by atoms with van der Waals surface area (Å²) >= 11 is 5.97. The van der Waals surface area contributed by atoms with Crippen molar-refractivity contribution in [1.29, 1.82) is 0 Å². The molecule has 0 unspecified atom stereocenters. The van der Waals surface area contributed by atoms with Gasteiger partial charge < -0.3 is 34.7 Å². The Balaban J connectivity index is 0.00000405. The van der Waals surface area contributed by atoms with E-state index in [-0.39, 0.29) is 80.1 Å². The maximum Gasteiger partial charge on any atom is 1.00 e. The van der Waals surface area contributed by atoms with Gasteiger partial charge in [-0.15, -0.1) is 0 Å². The minimum atomic E-state index is -1.40. The molecule has 4 aromatic rings. The summed E-state index contributed by atoms with van der Waals surface area (Å²) in [6.45, 7) is -0.681. The fourth-order valence-corrected chi connectivity index (χ4v) is 4.35. The van der Waals surface area contributed by atoms with Crippen molar-refractivity contribution in [3.05, 3.63) is 77.7 Å². The van der Waals surface area contributed by atoms with Gasteiger partial charge in [0.25, 0.3) is 0 Å². The standard InChI is InChI=1S/C29H23ClFN3O7.K/c1-39-24-13-19-21(14-25(24)40-15-26(35)36)32-10-7-22(19)41-23-6-5-18(12-20(23)31)34-28(38)29(8-9-29)27(37)33-17-4-2-3-16(30)11-17;/h2-7,10-14H,8-9,15H2,1H3,(H,33,37)(H,34,38)(H,35,36);/q;+1/p-1. The van der Waals surface area contributed by atoms with E-state index in [4.69, 9.17) is 25.8 Å². The molecule has 5 rings (SSSR count). The van der Waals surface area contributed by atoms with Crippen molar-refractivity contribution in [2.75, 3.05) is 24.4 Å². The normalized spacial score (nSPS) is 12.9. The van der Waals surface area contributed by atoms with Crippen molar-refractivity contribution in [1.82, 2.24) is 4.98 Å². The van der Waals surface area contributed by atoms with E-state index in [9.17, 15) is 19.5 Å². The number of methoxy groups -OCH3 is 1. The second-order valence-electron chi connectivity index (χ2n) is 9.24. The summed E-state index contributed by atoms with van der Waals surface area (Å²) in [4.78, 5) is 40.8. The number of aliphatic carboxylic acids is 1. The van der Waals surface area contributed by atoms with E-state index in [1.54, 1.807) is 24.3 Å². The van der Waals surface area contributed by atoms with Crippen molar-refractivity contribution < 1.29 is 89.5 Å². The number of carboxylic acid groups (broad SMARTS) is 1. The monoisotopic (exact) mass is 617 g/mol. The molecule has 1 saturated carbocycles. The van der Waals surface area contributed by atoms with Crippen LogP contribution in [0.2, 0.25) is 5.02 Å². The summed E-state index contributed by atoms with van der Waals surface area (Å²) in [6.07, 6.45) is 2.14. The largest absolute Gasteiger partial charge is 1.00 e. The molecular formula is C29H22ClFKN3O7. The van der Waals surface area contributed by atoms with Crippen molar-refractivity contribution in [2.45, 2.75) is 12.8 Å². The summed E-state index contributed by atoms with van der Waals surface area (Å²) in [6, 6.07) is 15.0. The van der Waals surface area contributed by atoms with Crippen LogP contribution in [0.5, 0.6) is 23.0 Å². The summed E-state index contributed by atoms with van der Waals surface area (Å²) in [5.41, 5.74) is -0.256. The third-order valence-electron chi connectivity index (χ3n) is 6.44. The van der Waals surface area contributed by atoms with Gasteiger partial charge >= 0.3 is 51.4 Å². The van der Waals surface area contributed by atoms with Gasteiger partial charge in [-0.2, -0.15) is 0 Å². The zero-order valence-electron chi connectivity index (χ0n) is 22.5. The molecule has 0 bridgehead atoms. The number of hydrogen-bond acceptors (Lipinski definition) is 8. The third kappa shape index (κ3) is 7.02. The van der Waals surface area contributed by atoms with Crippen LogP contribution < -0.4 is 81.3 Å². The molecule has 1 aliphatic rings. The molecule has 0 radical (unpaired) electrons. The molecule has 13 heteroatoms. The second kappa shape index (κ2) is 13.4. The zero-order chi connectivity index (χ0) is 29.1. The maximum absolute atomic E-state index is 15.1. The Morgan fingerprint density at radius 1 is 0.952 bits per heavy atom. The Kier molecular flexibility index (Phi) is 10.1. The molecule has 210 valence electrons. The molecule has 10 nitrogen and oxygen atoms in total. The zero-order valence-corrected chi connectivity index (χ0v) is 26.4. The van der Waals surface area contributed by atoms with Crippen LogP contribution in [0.3, 0.4) is 0 Å². The molecule has 1 aromatic heterocycles. The van der Waals surface area contributed by atoms with E-state index in [1.807, 2.05) is 0 Å². The number of hydrogen-bond donors (Lipinski definition) is 2. The number of anilines is 2. The first-order valence-electron chi connectivity index (χ1n) is 12.3. The number of rotatable bonds is 10. The number of fused-ring (bicyclic) bond motifs is 1. The number of pyridine rings is 1. The topological polar surface area (TPSA) is 139 Å². The van der Waals surface area contributed by atoms with E-state index in [0.717, 1.165) is 6.07 Å². The molecule has 42 heavy (non-hydrogen) atoms. The Bertz CT molecular complexity index is 1680. The number of ether oxygens (including phenoxy) is 3. The molecule has 0 atom stereocenters. The van der Waals surface area contributed by atoms with Crippen molar-refractivity contribution in [2.24, 2.45) is 5.41 Å². The van der Waals surface area contributed by atoms with Gasteiger partial charge in [0, 0.05) is 40.1 Å². The average molecular weight is 618 g/mol. The minimum Gasteiger partial charge on any atom is -0.546 e. The van der Waals surface area contributed by atoms with E-state index >= 15 is 4.39 Å². The molecule has 1 heterocycles. The molecule has 1 fully saturated rings. The molecule has 1 aliphatic carbocycles. The number of benzene rings is 3. The van der Waals surface area contributed by atoms with E-state index in [1.165, 1.54) is 43.6 Å². The van der Waals surface area contributed by atoms with Crippen LogP contribution in [0.1, 0.15) is 12.8 Å². The van der Waals surface area contributed by atoms with Crippen LogP contribution in [0.4, 0.5) is 15.8 Å². The summed E-state index contributed by atoms with van der Waals surface area (Å²) in [5, 5.41) is 17.0. The van der Waals surface area contributed by atoms with Gasteiger partial charge in [0.05, 0.1) is 18.6 Å².